The molecule has 2 saturated heterocycles. The van der Waals surface area contributed by atoms with Crippen LogP contribution in [-0.2, 0) is 14.3 Å². The van der Waals surface area contributed by atoms with Gasteiger partial charge in [0.25, 0.3) is 0 Å². The van der Waals surface area contributed by atoms with Crippen LogP contribution in [0.25, 0.3) is 0 Å². The van der Waals surface area contributed by atoms with Crippen molar-refractivity contribution in [3.8, 4) is 0 Å². The zero-order valence-corrected chi connectivity index (χ0v) is 9.70. The summed E-state index contributed by atoms with van der Waals surface area (Å²) in [6.45, 7) is 3.48. The Morgan fingerprint density at radius 3 is 2.88 bits per heavy atom. The van der Waals surface area contributed by atoms with Crippen molar-refractivity contribution in [3.05, 3.63) is 0 Å². The minimum absolute atomic E-state index is 0.0488. The van der Waals surface area contributed by atoms with Gasteiger partial charge >= 0.3 is 0 Å². The minimum Gasteiger partial charge on any atom is -0.381 e. The Morgan fingerprint density at radius 1 is 1.31 bits per heavy atom. The average Bonchev–Trinajstić information content (AvgIpc) is 2.96. The van der Waals surface area contributed by atoms with Crippen LogP contribution in [0.15, 0.2) is 0 Å². The molecule has 0 aliphatic carbocycles. The van der Waals surface area contributed by atoms with Gasteiger partial charge in [0.15, 0.2) is 0 Å². The van der Waals surface area contributed by atoms with Crippen LogP contribution in [0.4, 0.5) is 0 Å². The lowest BCUT2D eigenvalue weighted by Gasteiger charge is -2.17. The van der Waals surface area contributed by atoms with E-state index < -0.39 is 0 Å². The van der Waals surface area contributed by atoms with Gasteiger partial charge in [-0.3, -0.25) is 4.79 Å². The number of carbonyl (C=O) groups excluding carboxylic acids is 1. The van der Waals surface area contributed by atoms with E-state index in [1.54, 1.807) is 0 Å². The number of rotatable bonds is 4. The first-order chi connectivity index (χ1) is 7.81. The highest BCUT2D eigenvalue weighted by Crippen LogP contribution is 2.15. The molecule has 92 valence electrons. The standard InChI is InChI=1S/C11H20N2O3/c1-12-10-7-16-6-9(10)11(14)13-4-8-2-3-15-5-8/h8-10,12H,2-7H2,1H3,(H,13,14). The molecule has 0 aromatic carbocycles. The Labute approximate surface area is 95.9 Å². The van der Waals surface area contributed by atoms with E-state index in [-0.39, 0.29) is 17.9 Å². The van der Waals surface area contributed by atoms with Crippen LogP contribution in [0, 0.1) is 11.8 Å². The maximum Gasteiger partial charge on any atom is 0.227 e. The van der Waals surface area contributed by atoms with Gasteiger partial charge in [-0.25, -0.2) is 0 Å². The predicted octanol–water partition coefficient (Wildman–Crippen LogP) is -0.626. The molecular formula is C11H20N2O3. The summed E-state index contributed by atoms with van der Waals surface area (Å²) in [5.74, 6) is 0.537. The second kappa shape index (κ2) is 5.61. The second-order valence-electron chi connectivity index (χ2n) is 4.51. The van der Waals surface area contributed by atoms with Crippen LogP contribution >= 0.6 is 0 Å². The average molecular weight is 228 g/mol. The van der Waals surface area contributed by atoms with Crippen molar-refractivity contribution in [3.63, 3.8) is 0 Å². The summed E-state index contributed by atoms with van der Waals surface area (Å²) in [6, 6.07) is 0.153. The molecule has 0 aromatic heterocycles. The van der Waals surface area contributed by atoms with Crippen molar-refractivity contribution >= 4 is 5.91 Å². The van der Waals surface area contributed by atoms with Crippen molar-refractivity contribution in [2.24, 2.45) is 11.8 Å². The van der Waals surface area contributed by atoms with Crippen LogP contribution in [0.5, 0.6) is 0 Å². The lowest BCUT2D eigenvalue weighted by molar-refractivity contribution is -0.125. The summed E-state index contributed by atoms with van der Waals surface area (Å²) < 4.78 is 10.6. The molecule has 3 atom stereocenters. The molecular weight excluding hydrogens is 208 g/mol. The van der Waals surface area contributed by atoms with Crippen LogP contribution < -0.4 is 10.6 Å². The molecule has 3 unspecified atom stereocenters. The molecule has 0 bridgehead atoms. The third kappa shape index (κ3) is 2.72. The van der Waals surface area contributed by atoms with Gasteiger partial charge in [-0.05, 0) is 13.5 Å². The molecule has 5 nitrogen and oxygen atoms in total. The first-order valence-corrected chi connectivity index (χ1v) is 5.91. The molecule has 0 spiro atoms. The Kier molecular flexibility index (Phi) is 4.15. The topological polar surface area (TPSA) is 59.6 Å². The Hall–Kier alpha value is -0.650. The first-order valence-electron chi connectivity index (χ1n) is 5.91. The summed E-state index contributed by atoms with van der Waals surface area (Å²) in [5.41, 5.74) is 0. The summed E-state index contributed by atoms with van der Waals surface area (Å²) >= 11 is 0. The van der Waals surface area contributed by atoms with E-state index >= 15 is 0 Å². The Balaban J connectivity index is 1.74. The fraction of sp³-hybridized carbons (Fsp3) is 0.909. The van der Waals surface area contributed by atoms with E-state index in [1.807, 2.05) is 7.05 Å². The lowest BCUT2D eigenvalue weighted by Crippen LogP contribution is -2.43. The molecule has 2 N–H and O–H groups in total. The fourth-order valence-electron chi connectivity index (χ4n) is 2.22. The number of carbonyl (C=O) groups is 1. The quantitative estimate of drug-likeness (QED) is 0.673. The van der Waals surface area contributed by atoms with Crippen molar-refractivity contribution < 1.29 is 14.3 Å². The predicted molar refractivity (Wildman–Crippen MR) is 59.1 cm³/mol. The number of likely N-dealkylation sites (N-methyl/N-ethyl adjacent to an activating group) is 1. The number of hydrogen-bond acceptors (Lipinski definition) is 4. The zero-order valence-electron chi connectivity index (χ0n) is 9.70. The SMILES string of the molecule is CNC1COCC1C(=O)NCC1CCOC1. The van der Waals surface area contributed by atoms with Crippen molar-refractivity contribution in [1.82, 2.24) is 10.6 Å². The van der Waals surface area contributed by atoms with Crippen LogP contribution in [0.3, 0.4) is 0 Å². The molecule has 0 saturated carbocycles. The number of amides is 1. The molecule has 1 amide bonds. The molecule has 0 aromatic rings. The van der Waals surface area contributed by atoms with E-state index in [0.29, 0.717) is 19.1 Å². The lowest BCUT2D eigenvalue weighted by atomic mass is 10.0. The van der Waals surface area contributed by atoms with Crippen LogP contribution in [0.2, 0.25) is 0 Å². The highest BCUT2D eigenvalue weighted by molar-refractivity contribution is 5.79. The molecule has 2 aliphatic heterocycles. The highest BCUT2D eigenvalue weighted by Gasteiger charge is 2.33. The maximum absolute atomic E-state index is 11.9. The van der Waals surface area contributed by atoms with Gasteiger partial charge in [-0.1, -0.05) is 0 Å². The Bertz CT molecular complexity index is 241. The summed E-state index contributed by atoms with van der Waals surface area (Å²) in [6.07, 6.45) is 1.05. The van der Waals surface area contributed by atoms with E-state index in [1.165, 1.54) is 0 Å². The number of hydrogen-bond donors (Lipinski definition) is 2. The van der Waals surface area contributed by atoms with Crippen LogP contribution in [0.1, 0.15) is 6.42 Å². The van der Waals surface area contributed by atoms with Crippen molar-refractivity contribution in [2.45, 2.75) is 12.5 Å². The van der Waals surface area contributed by atoms with Gasteiger partial charge in [0.1, 0.15) is 0 Å². The van der Waals surface area contributed by atoms with E-state index in [4.69, 9.17) is 9.47 Å². The maximum atomic E-state index is 11.9. The van der Waals surface area contributed by atoms with Gasteiger partial charge in [-0.2, -0.15) is 0 Å². The molecule has 5 heteroatoms. The van der Waals surface area contributed by atoms with E-state index in [2.05, 4.69) is 10.6 Å². The second-order valence-corrected chi connectivity index (χ2v) is 4.51. The number of ether oxygens (including phenoxy) is 2. The third-order valence-electron chi connectivity index (χ3n) is 3.38. The van der Waals surface area contributed by atoms with Gasteiger partial charge < -0.3 is 20.1 Å². The first kappa shape index (κ1) is 11.8. The van der Waals surface area contributed by atoms with Gasteiger partial charge in [-0.15, -0.1) is 0 Å². The summed E-state index contributed by atoms with van der Waals surface area (Å²) in [4.78, 5) is 11.9. The van der Waals surface area contributed by atoms with Gasteiger partial charge in [0.05, 0.1) is 25.7 Å². The molecule has 0 radical (unpaired) electrons. The number of nitrogens with one attached hydrogen (secondary N) is 2. The van der Waals surface area contributed by atoms with Crippen LogP contribution in [-0.4, -0.2) is 52.0 Å². The summed E-state index contributed by atoms with van der Waals surface area (Å²) in [5, 5.41) is 6.10. The van der Waals surface area contributed by atoms with E-state index in [0.717, 1.165) is 26.2 Å². The van der Waals surface area contributed by atoms with E-state index in [9.17, 15) is 4.79 Å². The molecule has 2 aliphatic rings. The molecule has 2 rings (SSSR count). The normalized spacial score (nSPS) is 34.2. The molecule has 2 fully saturated rings. The zero-order chi connectivity index (χ0) is 11.4. The minimum atomic E-state index is -0.0488. The van der Waals surface area contributed by atoms with Gasteiger partial charge in [0.2, 0.25) is 5.91 Å². The third-order valence-corrected chi connectivity index (χ3v) is 3.38. The summed E-state index contributed by atoms with van der Waals surface area (Å²) in [7, 11) is 1.87. The largest absolute Gasteiger partial charge is 0.381 e. The van der Waals surface area contributed by atoms with Crippen molar-refractivity contribution in [2.75, 3.05) is 40.0 Å². The Morgan fingerprint density at radius 2 is 2.19 bits per heavy atom. The van der Waals surface area contributed by atoms with Gasteiger partial charge in [0, 0.05) is 25.1 Å². The molecule has 16 heavy (non-hydrogen) atoms. The van der Waals surface area contributed by atoms with Crippen molar-refractivity contribution in [1.29, 1.82) is 0 Å². The molecule has 2 heterocycles. The highest BCUT2D eigenvalue weighted by atomic mass is 16.5. The smallest absolute Gasteiger partial charge is 0.227 e. The fourth-order valence-corrected chi connectivity index (χ4v) is 2.22. The monoisotopic (exact) mass is 228 g/mol.